The lowest BCUT2D eigenvalue weighted by atomic mass is 10.2. The normalized spacial score (nSPS) is 13.1. The van der Waals surface area contributed by atoms with Gasteiger partial charge in [-0.05, 0) is 25.6 Å². The lowest BCUT2D eigenvalue weighted by Crippen LogP contribution is -2.33. The second kappa shape index (κ2) is 6.99. The van der Waals surface area contributed by atoms with Crippen LogP contribution in [-0.2, 0) is 6.54 Å². The smallest absolute Gasteiger partial charge is 0.0763 e. The molecule has 0 fully saturated rings. The first kappa shape index (κ1) is 13.6. The van der Waals surface area contributed by atoms with Gasteiger partial charge >= 0.3 is 0 Å². The number of aryl methyl sites for hydroxylation is 1. The van der Waals surface area contributed by atoms with Crippen molar-refractivity contribution >= 4 is 15.9 Å². The highest BCUT2D eigenvalue weighted by Gasteiger charge is 2.10. The van der Waals surface area contributed by atoms with Crippen LogP contribution >= 0.6 is 15.9 Å². The summed E-state index contributed by atoms with van der Waals surface area (Å²) in [4.78, 5) is 6.65. The van der Waals surface area contributed by atoms with E-state index in [-0.39, 0.29) is 6.10 Å². The standard InChI is InChI=1S/C12H19BrN2O/c1-3-15(9-12(16)7-13)8-11-6-4-5-10(2)14-11/h4-6,12,16H,3,7-9H2,1-2H3. The number of hydrogen-bond acceptors (Lipinski definition) is 3. The maximum absolute atomic E-state index is 9.58. The molecule has 3 nitrogen and oxygen atoms in total. The summed E-state index contributed by atoms with van der Waals surface area (Å²) in [6, 6.07) is 6.04. The molecule has 1 aromatic rings. The van der Waals surface area contributed by atoms with Crippen molar-refractivity contribution in [1.29, 1.82) is 0 Å². The second-order valence-corrected chi connectivity index (χ2v) is 4.55. The number of nitrogens with zero attached hydrogens (tertiary/aromatic N) is 2. The van der Waals surface area contributed by atoms with Crippen LogP contribution in [0.5, 0.6) is 0 Å². The summed E-state index contributed by atoms with van der Waals surface area (Å²) >= 11 is 3.28. The van der Waals surface area contributed by atoms with Gasteiger partial charge in [-0.2, -0.15) is 0 Å². The second-order valence-electron chi connectivity index (χ2n) is 3.91. The van der Waals surface area contributed by atoms with Gasteiger partial charge in [0.2, 0.25) is 0 Å². The molecule has 1 rings (SSSR count). The van der Waals surface area contributed by atoms with Crippen molar-refractivity contribution in [2.75, 3.05) is 18.4 Å². The lowest BCUT2D eigenvalue weighted by Gasteiger charge is -2.22. The minimum Gasteiger partial charge on any atom is -0.391 e. The van der Waals surface area contributed by atoms with Crippen molar-refractivity contribution in [3.63, 3.8) is 0 Å². The van der Waals surface area contributed by atoms with Gasteiger partial charge in [-0.1, -0.05) is 28.9 Å². The number of likely N-dealkylation sites (N-methyl/N-ethyl adjacent to an activating group) is 1. The summed E-state index contributed by atoms with van der Waals surface area (Å²) in [7, 11) is 0. The Kier molecular flexibility index (Phi) is 5.95. The zero-order chi connectivity index (χ0) is 12.0. The van der Waals surface area contributed by atoms with E-state index in [9.17, 15) is 5.11 Å². The molecule has 1 atom stereocenters. The van der Waals surface area contributed by atoms with Crippen LogP contribution < -0.4 is 0 Å². The maximum Gasteiger partial charge on any atom is 0.0763 e. The van der Waals surface area contributed by atoms with Crippen molar-refractivity contribution in [3.05, 3.63) is 29.6 Å². The maximum atomic E-state index is 9.58. The molecular formula is C12H19BrN2O. The first-order chi connectivity index (χ1) is 7.65. The first-order valence-corrected chi connectivity index (χ1v) is 6.66. The third-order valence-electron chi connectivity index (χ3n) is 2.43. The number of aliphatic hydroxyl groups excluding tert-OH is 1. The number of rotatable bonds is 6. The van der Waals surface area contributed by atoms with E-state index in [1.54, 1.807) is 0 Å². The number of alkyl halides is 1. The monoisotopic (exact) mass is 286 g/mol. The molecule has 1 unspecified atom stereocenters. The van der Waals surface area contributed by atoms with E-state index < -0.39 is 0 Å². The molecule has 0 aliphatic heterocycles. The van der Waals surface area contributed by atoms with E-state index in [0.717, 1.165) is 24.5 Å². The quantitative estimate of drug-likeness (QED) is 0.813. The molecule has 1 aromatic heterocycles. The highest BCUT2D eigenvalue weighted by atomic mass is 79.9. The molecule has 4 heteroatoms. The summed E-state index contributed by atoms with van der Waals surface area (Å²) in [5.74, 6) is 0. The van der Waals surface area contributed by atoms with Crippen LogP contribution in [0.4, 0.5) is 0 Å². The minimum atomic E-state index is -0.315. The summed E-state index contributed by atoms with van der Waals surface area (Å²) in [6.45, 7) is 6.48. The van der Waals surface area contributed by atoms with Crippen molar-refractivity contribution in [1.82, 2.24) is 9.88 Å². The number of pyridine rings is 1. The van der Waals surface area contributed by atoms with E-state index in [1.807, 2.05) is 25.1 Å². The third-order valence-corrected chi connectivity index (χ3v) is 3.17. The van der Waals surface area contributed by atoms with Crippen LogP contribution in [0.25, 0.3) is 0 Å². The highest BCUT2D eigenvalue weighted by molar-refractivity contribution is 9.09. The van der Waals surface area contributed by atoms with Gasteiger partial charge in [0.1, 0.15) is 0 Å². The molecule has 0 saturated heterocycles. The Labute approximate surface area is 106 Å². The van der Waals surface area contributed by atoms with Gasteiger partial charge in [0.15, 0.2) is 0 Å². The van der Waals surface area contributed by atoms with Crippen molar-refractivity contribution < 1.29 is 5.11 Å². The molecule has 0 aliphatic carbocycles. The molecule has 0 bridgehead atoms. The molecule has 1 heterocycles. The summed E-state index contributed by atoms with van der Waals surface area (Å²) in [6.07, 6.45) is -0.315. The number of aliphatic hydroxyl groups is 1. The lowest BCUT2D eigenvalue weighted by molar-refractivity contribution is 0.129. The van der Waals surface area contributed by atoms with Crippen LogP contribution in [0.2, 0.25) is 0 Å². The Hall–Kier alpha value is -0.450. The van der Waals surface area contributed by atoms with E-state index in [1.165, 1.54) is 0 Å². The average Bonchev–Trinajstić information content (AvgIpc) is 2.28. The van der Waals surface area contributed by atoms with Crippen molar-refractivity contribution in [2.24, 2.45) is 0 Å². The van der Waals surface area contributed by atoms with Crippen molar-refractivity contribution in [2.45, 2.75) is 26.5 Å². The van der Waals surface area contributed by atoms with Gasteiger partial charge in [-0.15, -0.1) is 0 Å². The summed E-state index contributed by atoms with van der Waals surface area (Å²) in [5.41, 5.74) is 2.10. The molecule has 0 aliphatic rings. The number of halogens is 1. The van der Waals surface area contributed by atoms with Crippen molar-refractivity contribution in [3.8, 4) is 0 Å². The van der Waals surface area contributed by atoms with E-state index in [0.29, 0.717) is 11.9 Å². The summed E-state index contributed by atoms with van der Waals surface area (Å²) in [5, 5.41) is 10.2. The SMILES string of the molecule is CCN(Cc1cccc(C)n1)CC(O)CBr. The topological polar surface area (TPSA) is 36.4 Å². The van der Waals surface area contributed by atoms with Gasteiger partial charge in [-0.25, -0.2) is 0 Å². The largest absolute Gasteiger partial charge is 0.391 e. The first-order valence-electron chi connectivity index (χ1n) is 5.54. The zero-order valence-electron chi connectivity index (χ0n) is 9.86. The Balaban J connectivity index is 2.56. The van der Waals surface area contributed by atoms with Crippen LogP contribution in [0, 0.1) is 6.92 Å². The Morgan fingerprint density at radius 3 is 2.81 bits per heavy atom. The Morgan fingerprint density at radius 1 is 1.50 bits per heavy atom. The van der Waals surface area contributed by atoms with E-state index in [4.69, 9.17) is 0 Å². The molecule has 0 saturated carbocycles. The molecule has 0 aromatic carbocycles. The van der Waals surface area contributed by atoms with Crippen LogP contribution in [0.15, 0.2) is 18.2 Å². The van der Waals surface area contributed by atoms with E-state index in [2.05, 4.69) is 32.7 Å². The highest BCUT2D eigenvalue weighted by Crippen LogP contribution is 2.04. The molecule has 0 amide bonds. The average molecular weight is 287 g/mol. The molecule has 16 heavy (non-hydrogen) atoms. The predicted molar refractivity (Wildman–Crippen MR) is 69.7 cm³/mol. The Morgan fingerprint density at radius 2 is 2.25 bits per heavy atom. The predicted octanol–water partition coefficient (Wildman–Crippen LogP) is 1.97. The van der Waals surface area contributed by atoms with Crippen LogP contribution in [0.1, 0.15) is 18.3 Å². The number of aromatic nitrogens is 1. The molecule has 90 valence electrons. The molecule has 0 radical (unpaired) electrons. The van der Waals surface area contributed by atoms with Crippen LogP contribution in [0.3, 0.4) is 0 Å². The molecular weight excluding hydrogens is 268 g/mol. The fourth-order valence-electron chi connectivity index (χ4n) is 1.57. The third kappa shape index (κ3) is 4.60. The van der Waals surface area contributed by atoms with Gasteiger partial charge in [0, 0.05) is 24.1 Å². The molecule has 0 spiro atoms. The fourth-order valence-corrected chi connectivity index (χ4v) is 1.77. The zero-order valence-corrected chi connectivity index (χ0v) is 11.4. The van der Waals surface area contributed by atoms with Gasteiger partial charge in [-0.3, -0.25) is 9.88 Å². The minimum absolute atomic E-state index is 0.315. The summed E-state index contributed by atoms with van der Waals surface area (Å²) < 4.78 is 0. The van der Waals surface area contributed by atoms with Gasteiger partial charge in [0.25, 0.3) is 0 Å². The number of hydrogen-bond donors (Lipinski definition) is 1. The van der Waals surface area contributed by atoms with E-state index >= 15 is 0 Å². The fraction of sp³-hybridized carbons (Fsp3) is 0.583. The Bertz CT molecular complexity index is 320. The molecule has 1 N–H and O–H groups in total. The van der Waals surface area contributed by atoms with Gasteiger partial charge < -0.3 is 5.11 Å². The van der Waals surface area contributed by atoms with Crippen LogP contribution in [-0.4, -0.2) is 39.5 Å². The van der Waals surface area contributed by atoms with Gasteiger partial charge in [0.05, 0.1) is 11.8 Å².